The monoisotopic (exact) mass is 248 g/mol. The predicted octanol–water partition coefficient (Wildman–Crippen LogP) is 1.72. The fourth-order valence-corrected chi connectivity index (χ4v) is 1.63. The molecule has 1 atom stereocenters. The van der Waals surface area contributed by atoms with Crippen LogP contribution in [0.2, 0.25) is 0 Å². The van der Waals surface area contributed by atoms with Crippen molar-refractivity contribution in [3.05, 3.63) is 23.8 Å². The zero-order valence-electron chi connectivity index (χ0n) is 10.4. The van der Waals surface area contributed by atoms with Crippen LogP contribution >= 0.6 is 0 Å². The topological polar surface area (TPSA) is 84.6 Å². The van der Waals surface area contributed by atoms with E-state index in [-0.39, 0.29) is 28.9 Å². The summed E-state index contributed by atoms with van der Waals surface area (Å²) in [4.78, 5) is 13.6. The fourth-order valence-electron chi connectivity index (χ4n) is 1.63. The van der Waals surface area contributed by atoms with Crippen molar-refractivity contribution >= 4 is 5.91 Å². The number of hydrogen-bond donors (Lipinski definition) is 2. The van der Waals surface area contributed by atoms with Crippen LogP contribution in [0.1, 0.15) is 24.2 Å². The van der Waals surface area contributed by atoms with Gasteiger partial charge in [-0.15, -0.1) is 0 Å². The predicted molar refractivity (Wildman–Crippen MR) is 66.1 cm³/mol. The second-order valence-corrected chi connectivity index (χ2v) is 4.11. The fraction of sp³-hybridized carbons (Fsp3) is 0.385. The van der Waals surface area contributed by atoms with E-state index in [1.165, 1.54) is 17.0 Å². The molecule has 0 bridgehead atoms. The summed E-state index contributed by atoms with van der Waals surface area (Å²) in [5.74, 6) is -0.906. The van der Waals surface area contributed by atoms with Crippen LogP contribution in [0.4, 0.5) is 0 Å². The molecule has 0 aliphatic rings. The molecule has 2 N–H and O–H groups in total. The van der Waals surface area contributed by atoms with Gasteiger partial charge in [0.2, 0.25) is 0 Å². The maximum absolute atomic E-state index is 12.1. The van der Waals surface area contributed by atoms with Crippen molar-refractivity contribution in [2.45, 2.75) is 13.8 Å². The van der Waals surface area contributed by atoms with Gasteiger partial charge in [0.1, 0.15) is 11.5 Å². The van der Waals surface area contributed by atoms with Crippen LogP contribution in [0.15, 0.2) is 18.2 Å². The molecule has 5 nitrogen and oxygen atoms in total. The third kappa shape index (κ3) is 3.39. The van der Waals surface area contributed by atoms with Crippen molar-refractivity contribution in [1.29, 1.82) is 5.26 Å². The first-order valence-electron chi connectivity index (χ1n) is 5.69. The highest BCUT2D eigenvalue weighted by molar-refractivity contribution is 5.95. The van der Waals surface area contributed by atoms with Gasteiger partial charge in [0.15, 0.2) is 0 Å². The molecular formula is C13H16N2O3. The highest BCUT2D eigenvalue weighted by Crippen LogP contribution is 2.21. The van der Waals surface area contributed by atoms with Gasteiger partial charge in [-0.1, -0.05) is 0 Å². The van der Waals surface area contributed by atoms with Crippen LogP contribution in [-0.2, 0) is 0 Å². The molecular weight excluding hydrogens is 232 g/mol. The summed E-state index contributed by atoms with van der Waals surface area (Å²) in [5, 5.41) is 27.4. The van der Waals surface area contributed by atoms with E-state index in [9.17, 15) is 15.0 Å². The minimum absolute atomic E-state index is 0.164. The number of nitriles is 1. The van der Waals surface area contributed by atoms with Crippen LogP contribution in [0.25, 0.3) is 0 Å². The number of phenolic OH excluding ortho intramolecular Hbond substituents is 2. The highest BCUT2D eigenvalue weighted by Gasteiger charge is 2.17. The first kappa shape index (κ1) is 13.8. The van der Waals surface area contributed by atoms with E-state index in [1.807, 2.05) is 6.92 Å². The van der Waals surface area contributed by atoms with Crippen molar-refractivity contribution < 1.29 is 15.0 Å². The molecule has 1 amide bonds. The molecule has 0 heterocycles. The van der Waals surface area contributed by atoms with E-state index in [4.69, 9.17) is 5.26 Å². The van der Waals surface area contributed by atoms with E-state index in [0.717, 1.165) is 6.07 Å². The zero-order valence-corrected chi connectivity index (χ0v) is 10.4. The van der Waals surface area contributed by atoms with E-state index in [0.29, 0.717) is 13.1 Å². The number of nitrogens with zero attached hydrogens (tertiary/aromatic N) is 2. The second kappa shape index (κ2) is 5.92. The summed E-state index contributed by atoms with van der Waals surface area (Å²) in [7, 11) is 0. The number of rotatable bonds is 4. The van der Waals surface area contributed by atoms with Gasteiger partial charge in [-0.05, 0) is 26.0 Å². The van der Waals surface area contributed by atoms with Crippen LogP contribution in [0.3, 0.4) is 0 Å². The lowest BCUT2D eigenvalue weighted by atomic mass is 10.1. The number of hydrogen-bond acceptors (Lipinski definition) is 4. The lowest BCUT2D eigenvalue weighted by molar-refractivity contribution is 0.0752. The van der Waals surface area contributed by atoms with Crippen LogP contribution in [0.5, 0.6) is 11.5 Å². The number of carbonyl (C=O) groups is 1. The van der Waals surface area contributed by atoms with Crippen molar-refractivity contribution in [2.24, 2.45) is 5.92 Å². The first-order chi connectivity index (χ1) is 8.47. The molecule has 1 unspecified atom stereocenters. The largest absolute Gasteiger partial charge is 0.508 e. The van der Waals surface area contributed by atoms with Gasteiger partial charge in [0, 0.05) is 24.7 Å². The Labute approximate surface area is 106 Å². The molecule has 0 saturated heterocycles. The van der Waals surface area contributed by atoms with Gasteiger partial charge in [0.05, 0.1) is 12.0 Å². The van der Waals surface area contributed by atoms with Crippen molar-refractivity contribution in [3.8, 4) is 17.6 Å². The standard InChI is InChI=1S/C13H16N2O3/c1-3-15(8-9(2)7-14)13(18)10-4-11(16)6-12(17)5-10/h4-6,9,16-17H,3,8H2,1-2H3. The summed E-state index contributed by atoms with van der Waals surface area (Å²) >= 11 is 0. The Kier molecular flexibility index (Phi) is 4.55. The van der Waals surface area contributed by atoms with Crippen molar-refractivity contribution in [2.75, 3.05) is 13.1 Å². The second-order valence-electron chi connectivity index (χ2n) is 4.11. The van der Waals surface area contributed by atoms with Gasteiger partial charge in [-0.2, -0.15) is 5.26 Å². The van der Waals surface area contributed by atoms with Gasteiger partial charge in [-0.25, -0.2) is 0 Å². The van der Waals surface area contributed by atoms with Gasteiger partial charge >= 0.3 is 0 Å². The Morgan fingerprint density at radius 1 is 1.39 bits per heavy atom. The maximum Gasteiger partial charge on any atom is 0.254 e. The molecule has 5 heteroatoms. The molecule has 0 fully saturated rings. The maximum atomic E-state index is 12.1. The molecule has 0 saturated carbocycles. The molecule has 1 rings (SSSR count). The minimum Gasteiger partial charge on any atom is -0.508 e. The molecule has 1 aromatic rings. The Hall–Kier alpha value is -2.22. The zero-order chi connectivity index (χ0) is 13.7. The number of benzene rings is 1. The molecule has 0 radical (unpaired) electrons. The van der Waals surface area contributed by atoms with E-state index in [2.05, 4.69) is 6.07 Å². The number of carbonyl (C=O) groups excluding carboxylic acids is 1. The molecule has 0 spiro atoms. The lowest BCUT2D eigenvalue weighted by Crippen LogP contribution is -2.34. The number of amides is 1. The van der Waals surface area contributed by atoms with Gasteiger partial charge < -0.3 is 15.1 Å². The Balaban J connectivity index is 2.93. The van der Waals surface area contributed by atoms with Gasteiger partial charge in [0.25, 0.3) is 5.91 Å². The Morgan fingerprint density at radius 2 is 1.94 bits per heavy atom. The van der Waals surface area contributed by atoms with Gasteiger partial charge in [-0.3, -0.25) is 4.79 Å². The quantitative estimate of drug-likeness (QED) is 0.849. The molecule has 96 valence electrons. The van der Waals surface area contributed by atoms with E-state index >= 15 is 0 Å². The third-order valence-corrected chi connectivity index (χ3v) is 2.53. The van der Waals surface area contributed by atoms with Crippen molar-refractivity contribution in [1.82, 2.24) is 4.90 Å². The number of phenols is 2. The SMILES string of the molecule is CCN(CC(C)C#N)C(=O)c1cc(O)cc(O)c1. The Morgan fingerprint density at radius 3 is 2.39 bits per heavy atom. The molecule has 0 aromatic heterocycles. The first-order valence-corrected chi connectivity index (χ1v) is 5.69. The van der Waals surface area contributed by atoms with Crippen LogP contribution in [0, 0.1) is 17.2 Å². The average Bonchev–Trinajstić information content (AvgIpc) is 2.33. The molecule has 18 heavy (non-hydrogen) atoms. The highest BCUT2D eigenvalue weighted by atomic mass is 16.3. The third-order valence-electron chi connectivity index (χ3n) is 2.53. The van der Waals surface area contributed by atoms with Crippen molar-refractivity contribution in [3.63, 3.8) is 0 Å². The molecule has 0 aliphatic carbocycles. The van der Waals surface area contributed by atoms with Crippen LogP contribution < -0.4 is 0 Å². The summed E-state index contributed by atoms with van der Waals surface area (Å²) in [6.07, 6.45) is 0. The summed E-state index contributed by atoms with van der Waals surface area (Å²) in [6.45, 7) is 4.32. The smallest absolute Gasteiger partial charge is 0.254 e. The Bertz CT molecular complexity index is 459. The normalized spacial score (nSPS) is 11.6. The summed E-state index contributed by atoms with van der Waals surface area (Å²) in [5.41, 5.74) is 0.208. The summed E-state index contributed by atoms with van der Waals surface area (Å²) < 4.78 is 0. The lowest BCUT2D eigenvalue weighted by Gasteiger charge is -2.22. The molecule has 0 aliphatic heterocycles. The van der Waals surface area contributed by atoms with Crippen LogP contribution in [-0.4, -0.2) is 34.1 Å². The van der Waals surface area contributed by atoms with E-state index < -0.39 is 0 Å². The number of aromatic hydroxyl groups is 2. The average molecular weight is 248 g/mol. The molecule has 1 aromatic carbocycles. The minimum atomic E-state index is -0.314. The summed E-state index contributed by atoms with van der Waals surface area (Å²) in [6, 6.07) is 5.81. The van der Waals surface area contributed by atoms with E-state index in [1.54, 1.807) is 6.92 Å².